The zero-order valence-corrected chi connectivity index (χ0v) is 15.0. The number of carbonyl (C=O) groups excluding carboxylic acids is 2. The molecule has 1 saturated carbocycles. The Balaban J connectivity index is 1.58. The van der Waals surface area contributed by atoms with Crippen LogP contribution in [-0.2, 0) is 9.59 Å². The van der Waals surface area contributed by atoms with Gasteiger partial charge in [0.2, 0.25) is 11.8 Å². The molecule has 2 amide bonds. The van der Waals surface area contributed by atoms with Gasteiger partial charge < -0.3 is 10.6 Å². The summed E-state index contributed by atoms with van der Waals surface area (Å²) in [5.41, 5.74) is 1.50. The topological polar surface area (TPSA) is 70.6 Å². The molecule has 3 rings (SSSR count). The summed E-state index contributed by atoms with van der Waals surface area (Å²) in [6, 6.07) is 5.68. The smallest absolute Gasteiger partial charge is 0.240 e. The molecule has 2 fully saturated rings. The van der Waals surface area contributed by atoms with Gasteiger partial charge in [-0.3, -0.25) is 14.6 Å². The third-order valence-electron chi connectivity index (χ3n) is 4.31. The predicted molar refractivity (Wildman–Crippen MR) is 98.6 cm³/mol. The minimum absolute atomic E-state index is 0.117. The second-order valence-corrected chi connectivity index (χ2v) is 7.73. The van der Waals surface area contributed by atoms with E-state index in [2.05, 4.69) is 15.6 Å². The molecule has 1 saturated heterocycles. The van der Waals surface area contributed by atoms with Gasteiger partial charge in [0, 0.05) is 17.1 Å². The summed E-state index contributed by atoms with van der Waals surface area (Å²) < 4.78 is 0. The second-order valence-electron chi connectivity index (χ2n) is 6.13. The van der Waals surface area contributed by atoms with E-state index < -0.39 is 5.25 Å². The van der Waals surface area contributed by atoms with Crippen LogP contribution in [0.15, 0.2) is 23.2 Å². The first-order valence-electron chi connectivity index (χ1n) is 8.13. The Morgan fingerprint density at radius 3 is 2.92 bits per heavy atom. The fraction of sp³-hybridized carbons (Fsp3) is 0.471. The number of nitrogens with one attached hydrogen (secondary N) is 2. The third kappa shape index (κ3) is 4.11. The summed E-state index contributed by atoms with van der Waals surface area (Å²) in [6.07, 6.45) is 4.68. The molecule has 1 heterocycles. The van der Waals surface area contributed by atoms with E-state index in [1.54, 1.807) is 18.2 Å². The predicted octanol–water partition coefficient (Wildman–Crippen LogP) is 3.51. The Bertz CT molecular complexity index is 686. The molecule has 24 heavy (non-hydrogen) atoms. The minimum atomic E-state index is -0.426. The van der Waals surface area contributed by atoms with Crippen molar-refractivity contribution in [3.8, 4) is 0 Å². The molecule has 0 aromatic heterocycles. The van der Waals surface area contributed by atoms with Crippen LogP contribution in [0.1, 0.15) is 37.7 Å². The van der Waals surface area contributed by atoms with Crippen molar-refractivity contribution >= 4 is 46.0 Å². The van der Waals surface area contributed by atoms with Crippen LogP contribution in [0.4, 0.5) is 5.69 Å². The van der Waals surface area contributed by atoms with Gasteiger partial charge in [-0.15, -0.1) is 0 Å². The van der Waals surface area contributed by atoms with Crippen LogP contribution in [0.2, 0.25) is 5.02 Å². The lowest BCUT2D eigenvalue weighted by Crippen LogP contribution is -2.28. The largest absolute Gasteiger partial charge is 0.326 e. The number of amidine groups is 1. The fourth-order valence-corrected chi connectivity index (χ4v) is 4.13. The van der Waals surface area contributed by atoms with E-state index in [1.807, 2.05) is 6.92 Å². The number of amides is 2. The van der Waals surface area contributed by atoms with Crippen molar-refractivity contribution in [2.24, 2.45) is 4.99 Å². The summed E-state index contributed by atoms with van der Waals surface area (Å²) in [6.45, 7) is 1.85. The van der Waals surface area contributed by atoms with Crippen molar-refractivity contribution in [1.82, 2.24) is 5.32 Å². The van der Waals surface area contributed by atoms with E-state index in [-0.39, 0.29) is 18.2 Å². The lowest BCUT2D eigenvalue weighted by Gasteiger charge is -2.10. The summed E-state index contributed by atoms with van der Waals surface area (Å²) >= 11 is 7.41. The molecule has 2 N–H and O–H groups in total. The Morgan fingerprint density at radius 2 is 2.17 bits per heavy atom. The first-order valence-corrected chi connectivity index (χ1v) is 9.39. The number of nitrogens with zero attached hydrogens (tertiary/aromatic N) is 1. The standard InChI is InChI=1S/C17H20ClN3O2S/c1-10-12(18)7-4-8-13(10)20-15(22)9-14-16(23)21-17(24-14)19-11-5-2-3-6-11/h4,7-8,11,14H,2-3,5-6,9H2,1H3,(H,20,22)(H,19,21,23)/t14-/m0/s1. The van der Waals surface area contributed by atoms with Crippen LogP contribution in [0.5, 0.6) is 0 Å². The first-order chi connectivity index (χ1) is 11.5. The van der Waals surface area contributed by atoms with Crippen molar-refractivity contribution in [1.29, 1.82) is 0 Å². The average molecular weight is 366 g/mol. The maximum atomic E-state index is 12.2. The van der Waals surface area contributed by atoms with E-state index in [1.165, 1.54) is 24.6 Å². The molecule has 0 radical (unpaired) electrons. The Morgan fingerprint density at radius 1 is 1.42 bits per heavy atom. The zero-order chi connectivity index (χ0) is 17.1. The Labute approximate surface area is 150 Å². The highest BCUT2D eigenvalue weighted by Crippen LogP contribution is 2.28. The normalized spacial score (nSPS) is 22.8. The maximum absolute atomic E-state index is 12.2. The molecule has 5 nitrogen and oxygen atoms in total. The van der Waals surface area contributed by atoms with Gasteiger partial charge in [-0.1, -0.05) is 42.3 Å². The summed E-state index contributed by atoms with van der Waals surface area (Å²) in [5.74, 6) is -0.343. The van der Waals surface area contributed by atoms with Gasteiger partial charge in [0.15, 0.2) is 5.17 Å². The molecule has 2 aliphatic rings. The second kappa shape index (κ2) is 7.57. The van der Waals surface area contributed by atoms with Crippen molar-refractivity contribution in [2.45, 2.75) is 50.3 Å². The molecule has 1 atom stereocenters. The van der Waals surface area contributed by atoms with Crippen LogP contribution in [0, 0.1) is 6.92 Å². The maximum Gasteiger partial charge on any atom is 0.240 e. The number of benzene rings is 1. The molecule has 0 spiro atoms. The summed E-state index contributed by atoms with van der Waals surface area (Å²) in [4.78, 5) is 28.9. The van der Waals surface area contributed by atoms with E-state index in [0.717, 1.165) is 18.4 Å². The highest BCUT2D eigenvalue weighted by atomic mass is 35.5. The molecule has 128 valence electrons. The fourth-order valence-electron chi connectivity index (χ4n) is 2.91. The third-order valence-corrected chi connectivity index (χ3v) is 5.82. The number of thioether (sulfide) groups is 1. The Kier molecular flexibility index (Phi) is 5.46. The molecule has 0 bridgehead atoms. The molecular formula is C17H20ClN3O2S. The number of hydrogen-bond acceptors (Lipinski definition) is 4. The highest BCUT2D eigenvalue weighted by Gasteiger charge is 2.32. The SMILES string of the molecule is Cc1c(Cl)cccc1NC(=O)C[C@@H]1SC(=NC2CCCC2)NC1=O. The van der Waals surface area contributed by atoms with Gasteiger partial charge in [-0.25, -0.2) is 0 Å². The molecule has 1 aromatic rings. The summed E-state index contributed by atoms with van der Waals surface area (Å²) in [7, 11) is 0. The molecule has 1 aromatic carbocycles. The molecule has 7 heteroatoms. The van der Waals surface area contributed by atoms with Crippen LogP contribution in [0.25, 0.3) is 0 Å². The number of rotatable bonds is 4. The van der Waals surface area contributed by atoms with Gasteiger partial charge in [0.1, 0.15) is 5.25 Å². The molecule has 1 aliphatic carbocycles. The van der Waals surface area contributed by atoms with Crippen LogP contribution in [-0.4, -0.2) is 28.3 Å². The van der Waals surface area contributed by atoms with Gasteiger partial charge in [-0.2, -0.15) is 0 Å². The Hall–Kier alpha value is -1.53. The number of carbonyl (C=O) groups is 2. The number of halogens is 1. The van der Waals surface area contributed by atoms with E-state index in [4.69, 9.17) is 11.6 Å². The molecular weight excluding hydrogens is 346 g/mol. The van der Waals surface area contributed by atoms with E-state index in [9.17, 15) is 9.59 Å². The molecule has 0 unspecified atom stereocenters. The minimum Gasteiger partial charge on any atom is -0.326 e. The van der Waals surface area contributed by atoms with E-state index in [0.29, 0.717) is 21.9 Å². The van der Waals surface area contributed by atoms with Gasteiger partial charge in [0.25, 0.3) is 0 Å². The van der Waals surface area contributed by atoms with Crippen molar-refractivity contribution in [3.05, 3.63) is 28.8 Å². The van der Waals surface area contributed by atoms with Crippen LogP contribution in [0.3, 0.4) is 0 Å². The molecule has 1 aliphatic heterocycles. The zero-order valence-electron chi connectivity index (χ0n) is 13.5. The van der Waals surface area contributed by atoms with E-state index >= 15 is 0 Å². The monoisotopic (exact) mass is 365 g/mol. The number of anilines is 1. The van der Waals surface area contributed by atoms with Gasteiger partial charge in [-0.05, 0) is 37.5 Å². The van der Waals surface area contributed by atoms with Gasteiger partial charge >= 0.3 is 0 Å². The lowest BCUT2D eigenvalue weighted by molar-refractivity contribution is -0.122. The van der Waals surface area contributed by atoms with Crippen LogP contribution < -0.4 is 10.6 Å². The summed E-state index contributed by atoms with van der Waals surface area (Å²) in [5, 5.41) is 6.46. The number of aliphatic imine (C=N–C) groups is 1. The van der Waals surface area contributed by atoms with Crippen LogP contribution >= 0.6 is 23.4 Å². The lowest BCUT2D eigenvalue weighted by atomic mass is 10.2. The van der Waals surface area contributed by atoms with Gasteiger partial charge in [0.05, 0.1) is 6.04 Å². The highest BCUT2D eigenvalue weighted by molar-refractivity contribution is 8.15. The number of hydrogen-bond donors (Lipinski definition) is 2. The average Bonchev–Trinajstić information content (AvgIpc) is 3.15. The van der Waals surface area contributed by atoms with Crippen molar-refractivity contribution < 1.29 is 9.59 Å². The van der Waals surface area contributed by atoms with Crippen molar-refractivity contribution in [2.75, 3.05) is 5.32 Å². The van der Waals surface area contributed by atoms with Crippen molar-refractivity contribution in [3.63, 3.8) is 0 Å². The quantitative estimate of drug-likeness (QED) is 0.857. The first kappa shape index (κ1) is 17.3.